The van der Waals surface area contributed by atoms with E-state index in [0.717, 1.165) is 19.7 Å². The second-order valence-electron chi connectivity index (χ2n) is 4.36. The molecule has 0 saturated carbocycles. The van der Waals surface area contributed by atoms with Crippen LogP contribution < -0.4 is 5.73 Å². The Balaban J connectivity index is 1.71. The van der Waals surface area contributed by atoms with Crippen LogP contribution in [0.3, 0.4) is 0 Å². The van der Waals surface area contributed by atoms with Crippen LogP contribution in [-0.2, 0) is 11.3 Å². The molecule has 16 heavy (non-hydrogen) atoms. The van der Waals surface area contributed by atoms with Crippen molar-refractivity contribution in [3.8, 4) is 0 Å². The molecule has 6 heteroatoms. The molecule has 2 atom stereocenters. The van der Waals surface area contributed by atoms with Crippen molar-refractivity contribution in [1.82, 2.24) is 15.0 Å². The molecule has 1 aromatic rings. The van der Waals surface area contributed by atoms with Crippen LogP contribution in [0.15, 0.2) is 4.52 Å². The molecule has 1 aromatic heterocycles. The minimum atomic E-state index is -0.0570. The highest BCUT2D eigenvalue weighted by Gasteiger charge is 2.34. The highest BCUT2D eigenvalue weighted by molar-refractivity contribution is 4.96. The van der Waals surface area contributed by atoms with E-state index in [1.807, 2.05) is 0 Å². The maximum absolute atomic E-state index is 5.77. The van der Waals surface area contributed by atoms with Crippen LogP contribution in [-0.4, -0.2) is 40.8 Å². The van der Waals surface area contributed by atoms with Crippen molar-refractivity contribution in [3.63, 3.8) is 0 Å². The van der Waals surface area contributed by atoms with E-state index in [1.165, 1.54) is 12.8 Å². The molecule has 0 spiro atoms. The zero-order chi connectivity index (χ0) is 11.0. The highest BCUT2D eigenvalue weighted by Crippen LogP contribution is 2.28. The van der Waals surface area contributed by atoms with Gasteiger partial charge in [-0.1, -0.05) is 5.16 Å². The number of rotatable bonds is 2. The van der Waals surface area contributed by atoms with Gasteiger partial charge in [-0.3, -0.25) is 4.90 Å². The van der Waals surface area contributed by atoms with Gasteiger partial charge >= 0.3 is 0 Å². The van der Waals surface area contributed by atoms with E-state index in [4.69, 9.17) is 15.0 Å². The first kappa shape index (κ1) is 10.2. The molecule has 2 fully saturated rings. The van der Waals surface area contributed by atoms with Gasteiger partial charge in [0.15, 0.2) is 0 Å². The topological polar surface area (TPSA) is 77.4 Å². The van der Waals surface area contributed by atoms with Crippen LogP contribution in [0.5, 0.6) is 0 Å². The molecule has 2 unspecified atom stereocenters. The maximum Gasteiger partial charge on any atom is 0.240 e. The van der Waals surface area contributed by atoms with Crippen molar-refractivity contribution in [1.29, 1.82) is 0 Å². The van der Waals surface area contributed by atoms with Crippen molar-refractivity contribution in [2.75, 3.05) is 19.7 Å². The largest absolute Gasteiger partial charge is 0.367 e. The first-order chi connectivity index (χ1) is 7.86. The van der Waals surface area contributed by atoms with E-state index in [-0.39, 0.29) is 12.6 Å². The van der Waals surface area contributed by atoms with Gasteiger partial charge in [-0.25, -0.2) is 0 Å². The van der Waals surface area contributed by atoms with E-state index in [0.29, 0.717) is 17.8 Å². The second kappa shape index (κ2) is 4.12. The molecule has 2 aliphatic rings. The van der Waals surface area contributed by atoms with Gasteiger partial charge in [0.05, 0.1) is 13.2 Å². The fraction of sp³-hybridized carbons (Fsp3) is 0.800. The molecule has 0 aromatic carbocycles. The Kier molecular flexibility index (Phi) is 2.62. The van der Waals surface area contributed by atoms with Gasteiger partial charge in [0.2, 0.25) is 11.7 Å². The van der Waals surface area contributed by atoms with Crippen molar-refractivity contribution >= 4 is 0 Å². The predicted octanol–water partition coefficient (Wildman–Crippen LogP) is 0.0640. The molecule has 2 N–H and O–H groups in total. The minimum Gasteiger partial charge on any atom is -0.367 e. The summed E-state index contributed by atoms with van der Waals surface area (Å²) in [6, 6.07) is 0.595. The van der Waals surface area contributed by atoms with Gasteiger partial charge in [-0.2, -0.15) is 4.98 Å². The lowest BCUT2D eigenvalue weighted by atomic mass is 10.2. The zero-order valence-electron chi connectivity index (χ0n) is 9.13. The molecule has 88 valence electrons. The first-order valence-corrected chi connectivity index (χ1v) is 5.75. The van der Waals surface area contributed by atoms with E-state index in [9.17, 15) is 0 Å². The number of nitrogens with two attached hydrogens (primary N) is 1. The molecule has 6 nitrogen and oxygen atoms in total. The summed E-state index contributed by atoms with van der Waals surface area (Å²) in [6.45, 7) is 3.09. The van der Waals surface area contributed by atoms with Crippen LogP contribution in [0.1, 0.15) is 30.7 Å². The summed E-state index contributed by atoms with van der Waals surface area (Å²) in [7, 11) is 0. The summed E-state index contributed by atoms with van der Waals surface area (Å²) < 4.78 is 10.8. The number of ether oxygens (including phenoxy) is 1. The molecule has 2 aliphatic heterocycles. The molecule has 0 amide bonds. The Bertz CT molecular complexity index is 367. The average molecular weight is 224 g/mol. The number of nitrogens with zero attached hydrogens (tertiary/aromatic N) is 3. The van der Waals surface area contributed by atoms with Gasteiger partial charge < -0.3 is 15.0 Å². The van der Waals surface area contributed by atoms with Crippen LogP contribution in [0, 0.1) is 0 Å². The number of fused-ring (bicyclic) bond motifs is 1. The third kappa shape index (κ3) is 1.73. The van der Waals surface area contributed by atoms with Gasteiger partial charge in [0.25, 0.3) is 0 Å². The summed E-state index contributed by atoms with van der Waals surface area (Å²) >= 11 is 0. The van der Waals surface area contributed by atoms with Crippen LogP contribution in [0.2, 0.25) is 0 Å². The average Bonchev–Trinajstić information content (AvgIpc) is 2.96. The Morgan fingerprint density at radius 3 is 3.25 bits per heavy atom. The number of morpholine rings is 1. The zero-order valence-corrected chi connectivity index (χ0v) is 9.13. The highest BCUT2D eigenvalue weighted by atomic mass is 16.5. The van der Waals surface area contributed by atoms with E-state index in [2.05, 4.69) is 15.0 Å². The predicted molar refractivity (Wildman–Crippen MR) is 55.5 cm³/mol. The maximum atomic E-state index is 5.77. The number of hydrogen-bond donors (Lipinski definition) is 1. The van der Waals surface area contributed by atoms with Crippen molar-refractivity contribution in [3.05, 3.63) is 11.7 Å². The summed E-state index contributed by atoms with van der Waals surface area (Å²) in [5.74, 6) is 1.10. The smallest absolute Gasteiger partial charge is 0.240 e. The third-order valence-corrected chi connectivity index (χ3v) is 3.34. The van der Waals surface area contributed by atoms with Crippen LogP contribution >= 0.6 is 0 Å². The van der Waals surface area contributed by atoms with E-state index < -0.39 is 0 Å². The van der Waals surface area contributed by atoms with Crippen molar-refractivity contribution < 1.29 is 9.26 Å². The normalized spacial score (nSPS) is 30.6. The minimum absolute atomic E-state index is 0.0570. The Morgan fingerprint density at radius 1 is 1.50 bits per heavy atom. The van der Waals surface area contributed by atoms with Gasteiger partial charge in [0, 0.05) is 12.6 Å². The molecule has 0 bridgehead atoms. The molecule has 3 rings (SSSR count). The lowest BCUT2D eigenvalue weighted by Crippen LogP contribution is -2.42. The monoisotopic (exact) mass is 224 g/mol. The summed E-state index contributed by atoms with van der Waals surface area (Å²) in [6.07, 6.45) is 2.45. The van der Waals surface area contributed by atoms with Crippen LogP contribution in [0.25, 0.3) is 0 Å². The molecular formula is C10H16N4O2. The lowest BCUT2D eigenvalue weighted by molar-refractivity contribution is -0.0548. The second-order valence-corrected chi connectivity index (χ2v) is 4.36. The Morgan fingerprint density at radius 2 is 2.44 bits per heavy atom. The SMILES string of the molecule is NCc1nc(C2CN3CCCC3CO2)no1. The summed E-state index contributed by atoms with van der Waals surface area (Å²) in [4.78, 5) is 6.66. The molecule has 3 heterocycles. The molecular weight excluding hydrogens is 208 g/mol. The third-order valence-electron chi connectivity index (χ3n) is 3.34. The molecule has 2 saturated heterocycles. The molecule has 0 aliphatic carbocycles. The van der Waals surface area contributed by atoms with Gasteiger partial charge in [0.1, 0.15) is 6.10 Å². The van der Waals surface area contributed by atoms with Gasteiger partial charge in [-0.15, -0.1) is 0 Å². The Labute approximate surface area is 93.7 Å². The quantitative estimate of drug-likeness (QED) is 0.765. The first-order valence-electron chi connectivity index (χ1n) is 5.75. The van der Waals surface area contributed by atoms with E-state index in [1.54, 1.807) is 0 Å². The van der Waals surface area contributed by atoms with E-state index >= 15 is 0 Å². The fourth-order valence-corrected chi connectivity index (χ4v) is 2.46. The lowest BCUT2D eigenvalue weighted by Gasteiger charge is -2.33. The number of hydrogen-bond acceptors (Lipinski definition) is 6. The van der Waals surface area contributed by atoms with Crippen LogP contribution in [0.4, 0.5) is 0 Å². The summed E-state index contributed by atoms with van der Waals surface area (Å²) in [5.41, 5.74) is 5.43. The Hall–Kier alpha value is -0.980. The van der Waals surface area contributed by atoms with Crippen molar-refractivity contribution in [2.24, 2.45) is 5.73 Å². The number of aromatic nitrogens is 2. The standard InChI is InChI=1S/C10H16N4O2/c11-4-9-12-10(13-16-9)8-5-14-3-1-2-7(14)6-15-8/h7-8H,1-6,11H2. The van der Waals surface area contributed by atoms with Crippen molar-refractivity contribution in [2.45, 2.75) is 31.5 Å². The summed E-state index contributed by atoms with van der Waals surface area (Å²) in [5, 5.41) is 3.91. The fourth-order valence-electron chi connectivity index (χ4n) is 2.46. The van der Waals surface area contributed by atoms with Gasteiger partial charge in [-0.05, 0) is 19.4 Å². The molecule has 0 radical (unpaired) electrons.